The predicted molar refractivity (Wildman–Crippen MR) is 74.8 cm³/mol. The first kappa shape index (κ1) is 14.0. The first-order valence-electron chi connectivity index (χ1n) is 5.97. The van der Waals surface area contributed by atoms with Crippen LogP contribution in [0.25, 0.3) is 0 Å². The van der Waals surface area contributed by atoms with E-state index in [4.69, 9.17) is 23.2 Å². The minimum absolute atomic E-state index is 0.142. The number of rotatable bonds is 5. The molecule has 0 unspecified atom stereocenters. The van der Waals surface area contributed by atoms with Crippen molar-refractivity contribution in [3.05, 3.63) is 46.0 Å². The minimum Gasteiger partial charge on any atom is -0.294 e. The third kappa shape index (κ3) is 3.14. The summed E-state index contributed by atoms with van der Waals surface area (Å²) in [5, 5.41) is 4.81. The molecular weight excluding hydrogens is 285 g/mol. The Morgan fingerprint density at radius 2 is 2.00 bits per heavy atom. The number of carbonyl (C=O) groups is 1. The van der Waals surface area contributed by atoms with Gasteiger partial charge in [-0.15, -0.1) is 0 Å². The summed E-state index contributed by atoms with van der Waals surface area (Å²) in [6, 6.07) is 5.01. The second kappa shape index (κ2) is 6.17. The quantitative estimate of drug-likeness (QED) is 0.795. The van der Waals surface area contributed by atoms with Gasteiger partial charge in [-0.1, -0.05) is 36.2 Å². The first-order valence-corrected chi connectivity index (χ1v) is 6.73. The van der Waals surface area contributed by atoms with Crippen molar-refractivity contribution in [3.63, 3.8) is 0 Å². The van der Waals surface area contributed by atoms with Crippen LogP contribution in [0.2, 0.25) is 10.0 Å². The largest absolute Gasteiger partial charge is 0.294 e. The molecule has 0 radical (unpaired) electrons. The van der Waals surface area contributed by atoms with E-state index in [0.717, 1.165) is 13.0 Å². The second-order valence-electron chi connectivity index (χ2n) is 4.10. The summed E-state index contributed by atoms with van der Waals surface area (Å²) in [4.78, 5) is 16.4. The van der Waals surface area contributed by atoms with E-state index in [9.17, 15) is 4.79 Å². The van der Waals surface area contributed by atoms with Crippen molar-refractivity contribution in [1.29, 1.82) is 0 Å². The van der Waals surface area contributed by atoms with Gasteiger partial charge in [0.2, 0.25) is 0 Å². The van der Waals surface area contributed by atoms with Crippen LogP contribution in [-0.4, -0.2) is 20.5 Å². The summed E-state index contributed by atoms with van der Waals surface area (Å²) >= 11 is 12.0. The van der Waals surface area contributed by atoms with Gasteiger partial charge in [0.25, 0.3) is 0 Å². The van der Waals surface area contributed by atoms with E-state index < -0.39 is 0 Å². The zero-order valence-electron chi connectivity index (χ0n) is 10.4. The lowest BCUT2D eigenvalue weighted by Gasteiger charge is -2.07. The summed E-state index contributed by atoms with van der Waals surface area (Å²) in [6.07, 6.45) is 2.52. The molecule has 1 aromatic heterocycles. The summed E-state index contributed by atoms with van der Waals surface area (Å²) in [5.74, 6) is 0.476. The molecule has 0 saturated heterocycles. The van der Waals surface area contributed by atoms with Crippen LogP contribution in [0.4, 0.5) is 0 Å². The molecule has 0 fully saturated rings. The molecule has 100 valence electrons. The minimum atomic E-state index is -0.152. The van der Waals surface area contributed by atoms with Crippen molar-refractivity contribution in [1.82, 2.24) is 14.8 Å². The van der Waals surface area contributed by atoms with Gasteiger partial charge in [-0.2, -0.15) is 5.10 Å². The van der Waals surface area contributed by atoms with Gasteiger partial charge >= 0.3 is 0 Å². The highest BCUT2D eigenvalue weighted by Gasteiger charge is 2.17. The average molecular weight is 298 g/mol. The summed E-state index contributed by atoms with van der Waals surface area (Å²) < 4.78 is 1.72. The van der Waals surface area contributed by atoms with E-state index in [0.29, 0.717) is 21.4 Å². The van der Waals surface area contributed by atoms with Crippen LogP contribution in [0.1, 0.15) is 29.5 Å². The van der Waals surface area contributed by atoms with E-state index in [-0.39, 0.29) is 12.2 Å². The number of ketones is 1. The molecule has 0 aliphatic heterocycles. The second-order valence-corrected chi connectivity index (χ2v) is 4.91. The number of carbonyl (C=O) groups excluding carboxylic acids is 1. The van der Waals surface area contributed by atoms with Crippen molar-refractivity contribution >= 4 is 29.0 Å². The van der Waals surface area contributed by atoms with Gasteiger partial charge in [0.05, 0.1) is 22.0 Å². The number of aromatic nitrogens is 3. The highest BCUT2D eigenvalue weighted by molar-refractivity contribution is 6.39. The number of hydrogen-bond acceptors (Lipinski definition) is 3. The highest BCUT2D eigenvalue weighted by atomic mass is 35.5. The number of halogens is 2. The third-order valence-corrected chi connectivity index (χ3v) is 3.32. The number of benzene rings is 1. The molecule has 19 heavy (non-hydrogen) atoms. The molecule has 1 heterocycles. The lowest BCUT2D eigenvalue weighted by Crippen LogP contribution is -2.12. The molecule has 0 atom stereocenters. The molecule has 4 nitrogen and oxygen atoms in total. The molecule has 2 rings (SSSR count). The normalized spacial score (nSPS) is 10.7. The maximum Gasteiger partial charge on any atom is 0.173 e. The molecule has 2 aromatic rings. The maximum atomic E-state index is 12.3. The van der Waals surface area contributed by atoms with Crippen LogP contribution in [0.3, 0.4) is 0 Å². The number of hydrogen-bond donors (Lipinski definition) is 0. The van der Waals surface area contributed by atoms with Crippen molar-refractivity contribution in [3.8, 4) is 0 Å². The van der Waals surface area contributed by atoms with Crippen LogP contribution in [0.5, 0.6) is 0 Å². The van der Waals surface area contributed by atoms with Crippen molar-refractivity contribution in [2.45, 2.75) is 26.3 Å². The molecule has 1 aromatic carbocycles. The Morgan fingerprint density at radius 1 is 1.32 bits per heavy atom. The number of nitrogens with zero attached hydrogens (tertiary/aromatic N) is 3. The molecule has 0 aliphatic rings. The standard InChI is InChI=1S/C13H13Cl2N3O/c1-2-6-18-12(16-8-17-18)7-11(19)13-9(14)4-3-5-10(13)15/h3-5,8H,2,6-7H2,1H3. The fourth-order valence-electron chi connectivity index (χ4n) is 1.82. The van der Waals surface area contributed by atoms with Crippen molar-refractivity contribution < 1.29 is 4.79 Å². The Labute approximate surface area is 121 Å². The summed E-state index contributed by atoms with van der Waals surface area (Å²) in [5.41, 5.74) is 0.344. The maximum absolute atomic E-state index is 12.3. The Hall–Kier alpha value is -1.39. The smallest absolute Gasteiger partial charge is 0.173 e. The van der Waals surface area contributed by atoms with Gasteiger partial charge in [-0.3, -0.25) is 4.79 Å². The molecule has 0 N–H and O–H groups in total. The van der Waals surface area contributed by atoms with E-state index in [1.807, 2.05) is 6.92 Å². The van der Waals surface area contributed by atoms with Crippen LogP contribution < -0.4 is 0 Å². The van der Waals surface area contributed by atoms with Crippen LogP contribution in [-0.2, 0) is 13.0 Å². The fourth-order valence-corrected chi connectivity index (χ4v) is 2.43. The van der Waals surface area contributed by atoms with E-state index >= 15 is 0 Å². The van der Waals surface area contributed by atoms with Crippen molar-refractivity contribution in [2.75, 3.05) is 0 Å². The summed E-state index contributed by atoms with van der Waals surface area (Å²) in [7, 11) is 0. The topological polar surface area (TPSA) is 47.8 Å². The molecule has 0 saturated carbocycles. The summed E-state index contributed by atoms with van der Waals surface area (Å²) in [6.45, 7) is 2.77. The Balaban J connectivity index is 2.24. The first-order chi connectivity index (χ1) is 9.13. The Kier molecular flexibility index (Phi) is 4.56. The number of Topliss-reactive ketones (excluding diaryl/α,β-unsaturated/α-hetero) is 1. The molecular formula is C13H13Cl2N3O. The Morgan fingerprint density at radius 3 is 2.63 bits per heavy atom. The zero-order valence-corrected chi connectivity index (χ0v) is 11.9. The molecule has 0 aliphatic carbocycles. The highest BCUT2D eigenvalue weighted by Crippen LogP contribution is 2.25. The average Bonchev–Trinajstić information content (AvgIpc) is 2.77. The SMILES string of the molecule is CCCn1ncnc1CC(=O)c1c(Cl)cccc1Cl. The van der Waals surface area contributed by atoms with E-state index in [1.54, 1.807) is 22.9 Å². The van der Waals surface area contributed by atoms with Gasteiger partial charge in [-0.05, 0) is 18.6 Å². The van der Waals surface area contributed by atoms with E-state index in [2.05, 4.69) is 10.1 Å². The zero-order chi connectivity index (χ0) is 13.8. The van der Waals surface area contributed by atoms with Gasteiger partial charge in [-0.25, -0.2) is 9.67 Å². The lowest BCUT2D eigenvalue weighted by atomic mass is 10.1. The number of aryl methyl sites for hydroxylation is 1. The molecule has 6 heteroatoms. The lowest BCUT2D eigenvalue weighted by molar-refractivity contribution is 0.0989. The Bertz CT molecular complexity index is 575. The third-order valence-electron chi connectivity index (χ3n) is 2.69. The van der Waals surface area contributed by atoms with Gasteiger partial charge in [0.15, 0.2) is 5.78 Å². The monoisotopic (exact) mass is 297 g/mol. The fraction of sp³-hybridized carbons (Fsp3) is 0.308. The predicted octanol–water partition coefficient (Wildman–Crippen LogP) is 3.42. The van der Waals surface area contributed by atoms with E-state index in [1.165, 1.54) is 6.33 Å². The van der Waals surface area contributed by atoms with Crippen LogP contribution in [0.15, 0.2) is 24.5 Å². The van der Waals surface area contributed by atoms with Gasteiger partial charge < -0.3 is 0 Å². The van der Waals surface area contributed by atoms with Crippen molar-refractivity contribution in [2.24, 2.45) is 0 Å². The van der Waals surface area contributed by atoms with Gasteiger partial charge in [0, 0.05) is 6.54 Å². The molecule has 0 bridgehead atoms. The van der Waals surface area contributed by atoms with Crippen LogP contribution >= 0.6 is 23.2 Å². The molecule has 0 spiro atoms. The molecule has 0 amide bonds. The van der Waals surface area contributed by atoms with Gasteiger partial charge in [0.1, 0.15) is 12.2 Å². The van der Waals surface area contributed by atoms with Crippen LogP contribution in [0, 0.1) is 0 Å².